The lowest BCUT2D eigenvalue weighted by Crippen LogP contribution is -2.30. The lowest BCUT2D eigenvalue weighted by atomic mass is 9.84. The van der Waals surface area contributed by atoms with Crippen molar-refractivity contribution < 1.29 is 29.5 Å². The number of aromatic hydroxyl groups is 1. The molecule has 26 heavy (non-hydrogen) atoms. The summed E-state index contributed by atoms with van der Waals surface area (Å²) in [6, 6.07) is 5.05. The van der Waals surface area contributed by atoms with Gasteiger partial charge in [0.2, 0.25) is 0 Å². The highest BCUT2D eigenvalue weighted by Crippen LogP contribution is 2.47. The summed E-state index contributed by atoms with van der Waals surface area (Å²) in [7, 11) is 3.11. The standard InChI is InChI=1S/C20H24O6/c1-24-17-10-13(5-6-16(17)23)19-15(11-22)14-8-12(4-3-7-21)9-18(25-2)20(14)26-19/h3-6,8-10,15,18-23H,7,11H2,1-2H3/b4-3+/t15-,18-,19-,20+/m0/s1. The molecule has 140 valence electrons. The van der Waals surface area contributed by atoms with E-state index in [4.69, 9.17) is 19.3 Å². The molecule has 1 aromatic rings. The molecule has 1 aliphatic carbocycles. The Balaban J connectivity index is 1.96. The summed E-state index contributed by atoms with van der Waals surface area (Å²) >= 11 is 0. The molecule has 1 aliphatic heterocycles. The highest BCUT2D eigenvalue weighted by atomic mass is 16.5. The molecule has 1 saturated heterocycles. The molecule has 4 atom stereocenters. The average Bonchev–Trinajstić information content (AvgIpc) is 3.04. The van der Waals surface area contributed by atoms with Crippen molar-refractivity contribution >= 4 is 0 Å². The third-order valence-corrected chi connectivity index (χ3v) is 4.82. The summed E-state index contributed by atoms with van der Waals surface area (Å²) in [5.41, 5.74) is 2.68. The second-order valence-electron chi connectivity index (χ2n) is 6.29. The third kappa shape index (κ3) is 3.41. The molecule has 1 fully saturated rings. The van der Waals surface area contributed by atoms with E-state index in [9.17, 15) is 10.2 Å². The highest BCUT2D eigenvalue weighted by molar-refractivity contribution is 5.47. The second kappa shape index (κ2) is 8.05. The predicted octanol–water partition coefficient (Wildman–Crippen LogP) is 1.88. The molecule has 6 heteroatoms. The zero-order valence-electron chi connectivity index (χ0n) is 14.8. The van der Waals surface area contributed by atoms with Gasteiger partial charge in [0.1, 0.15) is 12.2 Å². The summed E-state index contributed by atoms with van der Waals surface area (Å²) in [5.74, 6) is 0.178. The second-order valence-corrected chi connectivity index (χ2v) is 6.29. The Morgan fingerprint density at radius 1 is 1.19 bits per heavy atom. The minimum Gasteiger partial charge on any atom is -0.504 e. The minimum atomic E-state index is -0.377. The third-order valence-electron chi connectivity index (χ3n) is 4.82. The van der Waals surface area contributed by atoms with Crippen molar-refractivity contribution in [2.45, 2.75) is 18.3 Å². The van der Waals surface area contributed by atoms with E-state index in [1.165, 1.54) is 7.11 Å². The van der Waals surface area contributed by atoms with Crippen LogP contribution in [0.25, 0.3) is 0 Å². The molecule has 2 aliphatic rings. The Kier molecular flexibility index (Phi) is 5.78. The van der Waals surface area contributed by atoms with Crippen LogP contribution >= 0.6 is 0 Å². The molecule has 0 spiro atoms. The number of methoxy groups -OCH3 is 2. The van der Waals surface area contributed by atoms with Gasteiger partial charge in [-0.2, -0.15) is 0 Å². The van der Waals surface area contributed by atoms with E-state index in [0.717, 1.165) is 16.7 Å². The highest BCUT2D eigenvalue weighted by Gasteiger charge is 2.45. The molecule has 0 unspecified atom stereocenters. The van der Waals surface area contributed by atoms with Gasteiger partial charge in [0.25, 0.3) is 0 Å². The van der Waals surface area contributed by atoms with E-state index in [2.05, 4.69) is 0 Å². The molecule has 0 aromatic heterocycles. The van der Waals surface area contributed by atoms with Crippen molar-refractivity contribution in [1.29, 1.82) is 0 Å². The number of allylic oxidation sites excluding steroid dienone is 3. The Hall–Kier alpha value is -2.12. The van der Waals surface area contributed by atoms with Crippen molar-refractivity contribution in [1.82, 2.24) is 0 Å². The van der Waals surface area contributed by atoms with E-state index >= 15 is 0 Å². The van der Waals surface area contributed by atoms with Crippen LogP contribution in [-0.2, 0) is 9.47 Å². The van der Waals surface area contributed by atoms with Crippen molar-refractivity contribution in [3.63, 3.8) is 0 Å². The number of hydrogen-bond donors (Lipinski definition) is 3. The fourth-order valence-electron chi connectivity index (χ4n) is 3.56. The first kappa shape index (κ1) is 18.7. The van der Waals surface area contributed by atoms with Crippen LogP contribution < -0.4 is 4.74 Å². The summed E-state index contributed by atoms with van der Waals surface area (Å²) < 4.78 is 17.0. The molecule has 0 saturated carbocycles. The zero-order valence-corrected chi connectivity index (χ0v) is 14.8. The number of benzene rings is 1. The number of ether oxygens (including phenoxy) is 3. The van der Waals surface area contributed by atoms with Gasteiger partial charge in [-0.1, -0.05) is 24.3 Å². The lowest BCUT2D eigenvalue weighted by molar-refractivity contribution is -0.0337. The Bertz CT molecular complexity index is 736. The van der Waals surface area contributed by atoms with E-state index in [1.807, 2.05) is 18.2 Å². The lowest BCUT2D eigenvalue weighted by Gasteiger charge is -2.25. The maximum absolute atomic E-state index is 10.0. The van der Waals surface area contributed by atoms with Gasteiger partial charge in [-0.15, -0.1) is 0 Å². The van der Waals surface area contributed by atoms with Crippen LogP contribution in [0.4, 0.5) is 0 Å². The number of aliphatic hydroxyl groups excluding tert-OH is 2. The average molecular weight is 360 g/mol. The number of fused-ring (bicyclic) bond motifs is 1. The van der Waals surface area contributed by atoms with Crippen molar-refractivity contribution in [3.8, 4) is 11.5 Å². The summed E-state index contributed by atoms with van der Waals surface area (Å²) in [6.45, 7) is -0.124. The van der Waals surface area contributed by atoms with Gasteiger partial charge in [-0.05, 0) is 34.9 Å². The van der Waals surface area contributed by atoms with Crippen molar-refractivity contribution in [2.75, 3.05) is 27.4 Å². The van der Waals surface area contributed by atoms with Crippen LogP contribution in [0.3, 0.4) is 0 Å². The van der Waals surface area contributed by atoms with Gasteiger partial charge in [0.05, 0.1) is 26.4 Å². The number of phenolic OH excluding ortho intramolecular Hbond substituents is 1. The molecule has 1 heterocycles. The smallest absolute Gasteiger partial charge is 0.160 e. The molecule has 0 radical (unpaired) electrons. The molecular weight excluding hydrogens is 336 g/mol. The van der Waals surface area contributed by atoms with Gasteiger partial charge >= 0.3 is 0 Å². The fraction of sp³-hybridized carbons (Fsp3) is 0.400. The van der Waals surface area contributed by atoms with Crippen LogP contribution in [0, 0.1) is 5.92 Å². The number of phenols is 1. The maximum Gasteiger partial charge on any atom is 0.160 e. The van der Waals surface area contributed by atoms with Gasteiger partial charge in [0.15, 0.2) is 11.5 Å². The van der Waals surface area contributed by atoms with Crippen LogP contribution in [0.2, 0.25) is 0 Å². The molecule has 1 aromatic carbocycles. The summed E-state index contributed by atoms with van der Waals surface area (Å²) in [4.78, 5) is 0. The normalized spacial score (nSPS) is 28.0. The van der Waals surface area contributed by atoms with E-state index in [0.29, 0.717) is 5.75 Å². The molecule has 0 amide bonds. The molecule has 3 N–H and O–H groups in total. The van der Waals surface area contributed by atoms with E-state index < -0.39 is 0 Å². The first-order valence-electron chi connectivity index (χ1n) is 8.49. The van der Waals surface area contributed by atoms with Crippen LogP contribution in [0.15, 0.2) is 53.6 Å². The van der Waals surface area contributed by atoms with Gasteiger partial charge in [-0.3, -0.25) is 0 Å². The number of aliphatic hydroxyl groups is 2. The topological polar surface area (TPSA) is 88.4 Å². The number of rotatable bonds is 6. The first-order chi connectivity index (χ1) is 12.6. The summed E-state index contributed by atoms with van der Waals surface area (Å²) in [6.07, 6.45) is 6.43. The zero-order chi connectivity index (χ0) is 18.7. The largest absolute Gasteiger partial charge is 0.504 e. The van der Waals surface area contributed by atoms with Crippen LogP contribution in [-0.4, -0.2) is 55.0 Å². The maximum atomic E-state index is 10.0. The van der Waals surface area contributed by atoms with Crippen LogP contribution in [0.5, 0.6) is 11.5 Å². The van der Waals surface area contributed by atoms with Crippen molar-refractivity contribution in [2.24, 2.45) is 5.92 Å². The van der Waals surface area contributed by atoms with E-state index in [1.54, 1.807) is 31.4 Å². The molecular formula is C20H24O6. The predicted molar refractivity (Wildman–Crippen MR) is 96.0 cm³/mol. The molecule has 6 nitrogen and oxygen atoms in total. The Morgan fingerprint density at radius 3 is 2.65 bits per heavy atom. The van der Waals surface area contributed by atoms with Crippen molar-refractivity contribution in [3.05, 3.63) is 59.2 Å². The molecule has 3 rings (SSSR count). The quantitative estimate of drug-likeness (QED) is 0.718. The van der Waals surface area contributed by atoms with Gasteiger partial charge < -0.3 is 29.5 Å². The minimum absolute atomic E-state index is 0.0442. The fourth-order valence-corrected chi connectivity index (χ4v) is 3.56. The SMILES string of the molecule is COc1cc([C@@H]2O[C@@H]3C(=CC(/C=C/CO)=C[C@@H]3OC)[C@@H]2CO)ccc1O. The van der Waals surface area contributed by atoms with Gasteiger partial charge in [0, 0.05) is 13.0 Å². The number of hydrogen-bond acceptors (Lipinski definition) is 6. The Morgan fingerprint density at radius 2 is 2.00 bits per heavy atom. The summed E-state index contributed by atoms with van der Waals surface area (Å²) in [5, 5.41) is 28.8. The first-order valence-corrected chi connectivity index (χ1v) is 8.49. The molecule has 0 bridgehead atoms. The van der Waals surface area contributed by atoms with Gasteiger partial charge in [-0.25, -0.2) is 0 Å². The van der Waals surface area contributed by atoms with E-state index in [-0.39, 0.29) is 43.2 Å². The monoisotopic (exact) mass is 360 g/mol. The Labute approximate surface area is 152 Å². The van der Waals surface area contributed by atoms with Crippen LogP contribution in [0.1, 0.15) is 11.7 Å².